The summed E-state index contributed by atoms with van der Waals surface area (Å²) in [6.07, 6.45) is 1.44. The Bertz CT molecular complexity index is 568. The van der Waals surface area contributed by atoms with E-state index in [9.17, 15) is 5.11 Å². The summed E-state index contributed by atoms with van der Waals surface area (Å²) < 4.78 is 0. The highest BCUT2D eigenvalue weighted by molar-refractivity contribution is 5.85. The van der Waals surface area contributed by atoms with E-state index in [-0.39, 0.29) is 16.7 Å². The van der Waals surface area contributed by atoms with Crippen LogP contribution in [0.2, 0.25) is 0 Å². The second kappa shape index (κ2) is 5.31. The summed E-state index contributed by atoms with van der Waals surface area (Å²) in [6, 6.07) is 12.9. The largest absolute Gasteiger partial charge is 0.872 e. The Labute approximate surface area is 104 Å². The van der Waals surface area contributed by atoms with Gasteiger partial charge in [0.25, 0.3) is 0 Å². The molecule has 0 unspecified atom stereocenters. The third-order valence-corrected chi connectivity index (χ3v) is 2.33. The predicted molar refractivity (Wildman–Crippen MR) is 65.6 cm³/mol. The molecular weight excluding hydrogens is 232 g/mol. The average molecular weight is 243 g/mol. The quantitative estimate of drug-likeness (QED) is 0.639. The molecule has 0 amide bonds. The summed E-state index contributed by atoms with van der Waals surface area (Å²) in [6.45, 7) is 0. The summed E-state index contributed by atoms with van der Waals surface area (Å²) in [5.41, 5.74) is 1.19. The normalized spacial score (nSPS) is 10.8. The lowest BCUT2D eigenvalue weighted by Crippen LogP contribution is -2.10. The molecule has 18 heavy (non-hydrogen) atoms. The minimum atomic E-state index is -0.108. The molecule has 0 fully saturated rings. The molecule has 5 heteroatoms. The van der Waals surface area contributed by atoms with Crippen molar-refractivity contribution in [1.29, 1.82) is 0 Å². The van der Waals surface area contributed by atoms with Crippen molar-refractivity contribution in [2.45, 2.75) is 0 Å². The molecule has 2 N–H and O–H groups in total. The molecule has 0 saturated carbocycles. The molecule has 0 heterocycles. The maximum Gasteiger partial charge on any atom is 0.0964 e. The molecule has 2 aromatic carbocycles. The van der Waals surface area contributed by atoms with Crippen LogP contribution in [0.5, 0.6) is 5.75 Å². The molecule has 0 aromatic heterocycles. The fraction of sp³-hybridized carbons (Fsp3) is 0. The minimum absolute atomic E-state index is 0.0144. The van der Waals surface area contributed by atoms with Crippen LogP contribution >= 0.6 is 0 Å². The minimum Gasteiger partial charge on any atom is -0.872 e. The number of benzene rings is 2. The van der Waals surface area contributed by atoms with Crippen LogP contribution in [0.3, 0.4) is 0 Å². The van der Waals surface area contributed by atoms with Crippen molar-refractivity contribution in [3.63, 3.8) is 0 Å². The van der Waals surface area contributed by atoms with Gasteiger partial charge in [-0.15, -0.1) is 11.0 Å². The predicted octanol–water partition coefficient (Wildman–Crippen LogP) is 2.10. The van der Waals surface area contributed by atoms with Crippen LogP contribution in [-0.4, -0.2) is 16.6 Å². The van der Waals surface area contributed by atoms with Crippen molar-refractivity contribution < 1.29 is 15.5 Å². The van der Waals surface area contributed by atoms with Gasteiger partial charge in [-0.1, -0.05) is 30.3 Å². The number of anilines is 1. The SMILES string of the molecule is [O-]c1ccccc1C=Nc1cccc(N(O)O)c1. The van der Waals surface area contributed by atoms with E-state index in [1.54, 1.807) is 30.3 Å². The van der Waals surface area contributed by atoms with Gasteiger partial charge in [-0.05, 0) is 23.8 Å². The van der Waals surface area contributed by atoms with Crippen LogP contribution in [0.25, 0.3) is 0 Å². The molecule has 2 aromatic rings. The number of nitrogens with zero attached hydrogens (tertiary/aromatic N) is 2. The maximum absolute atomic E-state index is 11.4. The molecule has 0 saturated heterocycles. The third-order valence-electron chi connectivity index (χ3n) is 2.33. The van der Waals surface area contributed by atoms with Crippen molar-refractivity contribution in [2.24, 2.45) is 4.99 Å². The Morgan fingerprint density at radius 3 is 2.56 bits per heavy atom. The summed E-state index contributed by atoms with van der Waals surface area (Å²) in [4.78, 5) is 4.11. The highest BCUT2D eigenvalue weighted by atomic mass is 16.8. The van der Waals surface area contributed by atoms with Gasteiger partial charge in [-0.3, -0.25) is 15.4 Å². The van der Waals surface area contributed by atoms with Crippen molar-refractivity contribution >= 4 is 17.6 Å². The van der Waals surface area contributed by atoms with Crippen LogP contribution in [0.4, 0.5) is 11.4 Å². The van der Waals surface area contributed by atoms with Crippen molar-refractivity contribution in [2.75, 3.05) is 5.23 Å². The fourth-order valence-electron chi connectivity index (χ4n) is 1.43. The first-order chi connectivity index (χ1) is 8.66. The zero-order valence-corrected chi connectivity index (χ0v) is 9.39. The lowest BCUT2D eigenvalue weighted by Gasteiger charge is -2.09. The van der Waals surface area contributed by atoms with Crippen molar-refractivity contribution in [3.8, 4) is 5.75 Å². The van der Waals surface area contributed by atoms with E-state index in [2.05, 4.69) is 4.99 Å². The van der Waals surface area contributed by atoms with E-state index in [1.165, 1.54) is 24.4 Å². The fourth-order valence-corrected chi connectivity index (χ4v) is 1.43. The Kier molecular flexibility index (Phi) is 3.57. The first kappa shape index (κ1) is 12.1. The monoisotopic (exact) mass is 243 g/mol. The first-order valence-electron chi connectivity index (χ1n) is 5.25. The lowest BCUT2D eigenvalue weighted by molar-refractivity contribution is -0.268. The molecule has 0 spiro atoms. The van der Waals surface area contributed by atoms with E-state index in [4.69, 9.17) is 10.4 Å². The van der Waals surface area contributed by atoms with Crippen LogP contribution < -0.4 is 10.3 Å². The van der Waals surface area contributed by atoms with E-state index in [1.807, 2.05) is 0 Å². The molecule has 0 aliphatic heterocycles. The van der Waals surface area contributed by atoms with Gasteiger partial charge >= 0.3 is 0 Å². The maximum atomic E-state index is 11.4. The molecule has 5 nitrogen and oxygen atoms in total. The third kappa shape index (κ3) is 2.85. The van der Waals surface area contributed by atoms with Gasteiger partial charge in [-0.25, -0.2) is 0 Å². The van der Waals surface area contributed by atoms with Crippen LogP contribution in [-0.2, 0) is 0 Å². The number of rotatable bonds is 3. The number of para-hydroxylation sites is 1. The Balaban J connectivity index is 2.24. The highest BCUT2D eigenvalue weighted by Gasteiger charge is 1.98. The molecule has 0 atom stereocenters. The molecule has 0 radical (unpaired) electrons. The van der Waals surface area contributed by atoms with Crippen molar-refractivity contribution in [1.82, 2.24) is 0 Å². The van der Waals surface area contributed by atoms with Crippen LogP contribution in [0.15, 0.2) is 53.5 Å². The topological polar surface area (TPSA) is 79.1 Å². The van der Waals surface area contributed by atoms with Crippen LogP contribution in [0, 0.1) is 0 Å². The Morgan fingerprint density at radius 2 is 1.83 bits per heavy atom. The molecule has 92 valence electrons. The molecule has 0 bridgehead atoms. The van der Waals surface area contributed by atoms with Gasteiger partial charge in [0, 0.05) is 6.21 Å². The number of hydrogen-bond donors (Lipinski definition) is 2. The van der Waals surface area contributed by atoms with E-state index < -0.39 is 0 Å². The second-order valence-corrected chi connectivity index (χ2v) is 3.61. The van der Waals surface area contributed by atoms with Gasteiger partial charge in [0.05, 0.1) is 11.4 Å². The van der Waals surface area contributed by atoms with Gasteiger partial charge in [0.1, 0.15) is 0 Å². The molecular formula is C13H11N2O3-. The van der Waals surface area contributed by atoms with E-state index in [0.717, 1.165) is 0 Å². The van der Waals surface area contributed by atoms with Gasteiger partial charge in [0.2, 0.25) is 0 Å². The van der Waals surface area contributed by atoms with Gasteiger partial charge < -0.3 is 5.11 Å². The summed E-state index contributed by atoms with van der Waals surface area (Å²) >= 11 is 0. The van der Waals surface area contributed by atoms with E-state index in [0.29, 0.717) is 11.3 Å². The van der Waals surface area contributed by atoms with E-state index >= 15 is 0 Å². The average Bonchev–Trinajstić information content (AvgIpc) is 2.38. The zero-order chi connectivity index (χ0) is 13.0. The number of aliphatic imine (C=N–C) groups is 1. The summed E-state index contributed by atoms with van der Waals surface area (Å²) in [5.74, 6) is -0.108. The Morgan fingerprint density at radius 1 is 1.06 bits per heavy atom. The van der Waals surface area contributed by atoms with Crippen molar-refractivity contribution in [3.05, 3.63) is 54.1 Å². The Hall–Kier alpha value is -2.37. The smallest absolute Gasteiger partial charge is 0.0964 e. The highest BCUT2D eigenvalue weighted by Crippen LogP contribution is 2.20. The summed E-state index contributed by atoms with van der Waals surface area (Å²) in [5, 5.41) is 29.2. The molecule has 2 rings (SSSR count). The zero-order valence-electron chi connectivity index (χ0n) is 9.39. The molecule has 0 aliphatic rings. The van der Waals surface area contributed by atoms with Gasteiger partial charge in [0.15, 0.2) is 0 Å². The lowest BCUT2D eigenvalue weighted by atomic mass is 10.2. The second-order valence-electron chi connectivity index (χ2n) is 3.61. The van der Waals surface area contributed by atoms with Crippen LogP contribution in [0.1, 0.15) is 5.56 Å². The number of hydrogen-bond acceptors (Lipinski definition) is 5. The standard InChI is InChI=1S/C13H12N2O3/c16-13-7-2-1-4-10(13)9-14-11-5-3-6-12(8-11)15(17)18/h1-9,16-18H/p-1. The first-order valence-corrected chi connectivity index (χ1v) is 5.25. The molecule has 0 aliphatic carbocycles. The van der Waals surface area contributed by atoms with Gasteiger partial charge in [-0.2, -0.15) is 0 Å². The summed E-state index contributed by atoms with van der Waals surface area (Å²) in [7, 11) is 0.